The van der Waals surface area contributed by atoms with Crippen molar-refractivity contribution in [2.24, 2.45) is 0 Å². The summed E-state index contributed by atoms with van der Waals surface area (Å²) in [6.07, 6.45) is 0.0910. The lowest BCUT2D eigenvalue weighted by Crippen LogP contribution is -2.16. The predicted molar refractivity (Wildman–Crippen MR) is 111 cm³/mol. The number of ether oxygens (including phenoxy) is 1. The van der Waals surface area contributed by atoms with E-state index in [1.807, 2.05) is 19.1 Å². The van der Waals surface area contributed by atoms with Gasteiger partial charge in [-0.2, -0.15) is 0 Å². The molecule has 6 nitrogen and oxygen atoms in total. The summed E-state index contributed by atoms with van der Waals surface area (Å²) < 4.78 is 5.50. The minimum absolute atomic E-state index is 0.0910. The number of hydrogen-bond donors (Lipinski definition) is 2. The van der Waals surface area contributed by atoms with Gasteiger partial charge in [-0.1, -0.05) is 23.7 Å². The summed E-state index contributed by atoms with van der Waals surface area (Å²) in [4.78, 5) is 28.8. The molecule has 0 spiro atoms. The number of benzene rings is 2. The standard InChI is InChI=1S/C20H18ClN3O3S/c1-2-27-17-6-4-3-5-16(17)23-18(25)11-15-12-28-20(22-15)24-19(26)13-7-9-14(21)10-8-13/h3-10,12H,2,11H2,1H3,(H,23,25)(H,22,24,26). The van der Waals surface area contributed by atoms with E-state index in [9.17, 15) is 9.59 Å². The summed E-state index contributed by atoms with van der Waals surface area (Å²) in [6, 6.07) is 13.8. The van der Waals surface area contributed by atoms with Gasteiger partial charge in [0.2, 0.25) is 5.91 Å². The van der Waals surface area contributed by atoms with Crippen LogP contribution in [0.2, 0.25) is 5.02 Å². The number of carbonyl (C=O) groups is 2. The third-order valence-corrected chi connectivity index (χ3v) is 4.74. The van der Waals surface area contributed by atoms with Crippen LogP contribution in [0.4, 0.5) is 10.8 Å². The van der Waals surface area contributed by atoms with E-state index in [-0.39, 0.29) is 18.2 Å². The zero-order valence-corrected chi connectivity index (χ0v) is 16.6. The van der Waals surface area contributed by atoms with Crippen molar-refractivity contribution in [2.75, 3.05) is 17.2 Å². The Hall–Kier alpha value is -2.90. The van der Waals surface area contributed by atoms with Crippen molar-refractivity contribution in [1.82, 2.24) is 4.98 Å². The zero-order chi connectivity index (χ0) is 19.9. The minimum atomic E-state index is -0.285. The van der Waals surface area contributed by atoms with E-state index in [2.05, 4.69) is 15.6 Å². The van der Waals surface area contributed by atoms with Gasteiger partial charge >= 0.3 is 0 Å². The van der Waals surface area contributed by atoms with Crippen molar-refractivity contribution in [3.05, 3.63) is 70.2 Å². The van der Waals surface area contributed by atoms with Crippen LogP contribution >= 0.6 is 22.9 Å². The van der Waals surface area contributed by atoms with Crippen LogP contribution in [0.25, 0.3) is 0 Å². The Morgan fingerprint density at radius 1 is 1.11 bits per heavy atom. The van der Waals surface area contributed by atoms with Gasteiger partial charge in [0.05, 0.1) is 24.4 Å². The maximum Gasteiger partial charge on any atom is 0.257 e. The molecule has 0 unspecified atom stereocenters. The number of carbonyl (C=O) groups excluding carboxylic acids is 2. The highest BCUT2D eigenvalue weighted by Gasteiger charge is 2.13. The molecule has 3 rings (SSSR count). The highest BCUT2D eigenvalue weighted by Crippen LogP contribution is 2.24. The first kappa shape index (κ1) is 19.9. The summed E-state index contributed by atoms with van der Waals surface area (Å²) in [5, 5.41) is 8.28. The van der Waals surface area contributed by atoms with Crippen molar-refractivity contribution in [2.45, 2.75) is 13.3 Å². The van der Waals surface area contributed by atoms with Crippen LogP contribution in [0, 0.1) is 0 Å². The number of para-hydroxylation sites is 2. The van der Waals surface area contributed by atoms with Gasteiger partial charge in [-0.05, 0) is 43.3 Å². The van der Waals surface area contributed by atoms with Crippen LogP contribution in [-0.2, 0) is 11.2 Å². The van der Waals surface area contributed by atoms with Crippen LogP contribution in [0.3, 0.4) is 0 Å². The number of nitrogens with zero attached hydrogens (tertiary/aromatic N) is 1. The molecule has 2 N–H and O–H groups in total. The molecule has 2 aromatic carbocycles. The molecule has 0 aliphatic carbocycles. The molecule has 144 valence electrons. The van der Waals surface area contributed by atoms with Crippen LogP contribution in [0.15, 0.2) is 53.9 Å². The van der Waals surface area contributed by atoms with E-state index in [1.165, 1.54) is 11.3 Å². The monoisotopic (exact) mass is 415 g/mol. The molecule has 1 aromatic heterocycles. The predicted octanol–water partition coefficient (Wildman–Crippen LogP) is 4.63. The van der Waals surface area contributed by atoms with Crippen molar-refractivity contribution in [1.29, 1.82) is 0 Å². The largest absolute Gasteiger partial charge is 0.492 e. The van der Waals surface area contributed by atoms with E-state index in [1.54, 1.807) is 41.8 Å². The van der Waals surface area contributed by atoms with Crippen LogP contribution < -0.4 is 15.4 Å². The average Bonchev–Trinajstić information content (AvgIpc) is 3.10. The molecule has 0 bridgehead atoms. The summed E-state index contributed by atoms with van der Waals surface area (Å²) in [5.41, 5.74) is 1.66. The van der Waals surface area contributed by atoms with Crippen molar-refractivity contribution in [3.8, 4) is 5.75 Å². The Morgan fingerprint density at radius 2 is 1.86 bits per heavy atom. The number of aromatic nitrogens is 1. The molecule has 0 fully saturated rings. The number of rotatable bonds is 7. The number of amides is 2. The van der Waals surface area contributed by atoms with Gasteiger partial charge in [0.25, 0.3) is 5.91 Å². The second-order valence-electron chi connectivity index (χ2n) is 5.76. The lowest BCUT2D eigenvalue weighted by molar-refractivity contribution is -0.115. The minimum Gasteiger partial charge on any atom is -0.492 e. The molecule has 1 heterocycles. The lowest BCUT2D eigenvalue weighted by atomic mass is 10.2. The Bertz CT molecular complexity index is 973. The molecule has 0 saturated heterocycles. The third kappa shape index (κ3) is 5.31. The van der Waals surface area contributed by atoms with Gasteiger partial charge in [0.1, 0.15) is 5.75 Å². The summed E-state index contributed by atoms with van der Waals surface area (Å²) in [7, 11) is 0. The van der Waals surface area contributed by atoms with Crippen molar-refractivity contribution in [3.63, 3.8) is 0 Å². The second-order valence-corrected chi connectivity index (χ2v) is 7.05. The maximum absolute atomic E-state index is 12.3. The number of nitrogens with one attached hydrogen (secondary N) is 2. The first-order chi connectivity index (χ1) is 13.5. The normalized spacial score (nSPS) is 10.4. The van der Waals surface area contributed by atoms with E-state index in [4.69, 9.17) is 16.3 Å². The molecule has 3 aromatic rings. The zero-order valence-electron chi connectivity index (χ0n) is 15.1. The highest BCUT2D eigenvalue weighted by molar-refractivity contribution is 7.14. The van der Waals surface area contributed by atoms with Gasteiger partial charge in [0.15, 0.2) is 5.13 Å². The number of hydrogen-bond acceptors (Lipinski definition) is 5. The number of halogens is 1. The van der Waals surface area contributed by atoms with Gasteiger partial charge in [-0.3, -0.25) is 14.9 Å². The first-order valence-corrected chi connectivity index (χ1v) is 9.84. The third-order valence-electron chi connectivity index (χ3n) is 3.68. The smallest absolute Gasteiger partial charge is 0.257 e. The Labute approximate surface area is 171 Å². The SMILES string of the molecule is CCOc1ccccc1NC(=O)Cc1csc(NC(=O)c2ccc(Cl)cc2)n1. The average molecular weight is 416 g/mol. The van der Waals surface area contributed by atoms with Gasteiger partial charge in [-0.25, -0.2) is 4.98 Å². The highest BCUT2D eigenvalue weighted by atomic mass is 35.5. The van der Waals surface area contributed by atoms with Crippen LogP contribution in [0.5, 0.6) is 5.75 Å². The van der Waals surface area contributed by atoms with Crippen LogP contribution in [0.1, 0.15) is 23.0 Å². The fourth-order valence-electron chi connectivity index (χ4n) is 2.43. The molecule has 0 aliphatic rings. The Balaban J connectivity index is 1.59. The fourth-order valence-corrected chi connectivity index (χ4v) is 3.26. The number of anilines is 2. The molecule has 0 radical (unpaired) electrons. The van der Waals surface area contributed by atoms with E-state index >= 15 is 0 Å². The molecule has 8 heteroatoms. The van der Waals surface area contributed by atoms with Crippen LogP contribution in [-0.4, -0.2) is 23.4 Å². The Morgan fingerprint density at radius 3 is 2.61 bits per heavy atom. The first-order valence-electron chi connectivity index (χ1n) is 8.58. The summed E-state index contributed by atoms with van der Waals surface area (Å²) in [5.74, 6) is 0.119. The summed E-state index contributed by atoms with van der Waals surface area (Å²) >= 11 is 7.09. The maximum atomic E-state index is 12.3. The Kier molecular flexibility index (Phi) is 6.62. The molecule has 0 saturated carbocycles. The molecule has 0 atom stereocenters. The van der Waals surface area contributed by atoms with Gasteiger partial charge < -0.3 is 10.1 Å². The van der Waals surface area contributed by atoms with E-state index < -0.39 is 0 Å². The topological polar surface area (TPSA) is 80.3 Å². The van der Waals surface area contributed by atoms with Gasteiger partial charge in [-0.15, -0.1) is 11.3 Å². The lowest BCUT2D eigenvalue weighted by Gasteiger charge is -2.10. The van der Waals surface area contributed by atoms with E-state index in [0.29, 0.717) is 39.5 Å². The molecular weight excluding hydrogens is 398 g/mol. The second kappa shape index (κ2) is 9.34. The quantitative estimate of drug-likeness (QED) is 0.589. The van der Waals surface area contributed by atoms with Gasteiger partial charge in [0, 0.05) is 16.0 Å². The number of thiazole rings is 1. The molecular formula is C20H18ClN3O3S. The van der Waals surface area contributed by atoms with E-state index in [0.717, 1.165) is 0 Å². The van der Waals surface area contributed by atoms with Crippen molar-refractivity contribution < 1.29 is 14.3 Å². The fraction of sp³-hybridized carbons (Fsp3) is 0.150. The molecule has 0 aliphatic heterocycles. The molecule has 2 amide bonds. The summed E-state index contributed by atoms with van der Waals surface area (Å²) in [6.45, 7) is 2.39. The molecule has 28 heavy (non-hydrogen) atoms. The van der Waals surface area contributed by atoms with Crippen molar-refractivity contribution >= 4 is 45.6 Å².